The Morgan fingerprint density at radius 1 is 1.06 bits per heavy atom. The van der Waals surface area contributed by atoms with E-state index in [-0.39, 0.29) is 18.9 Å². The predicted octanol–water partition coefficient (Wildman–Crippen LogP) is 3.72. The standard InChI is InChI=1S/C28H38N2O6/c1-19-5-4-6-20(2)30(19)18-24(28(32)21-7-12-25-26(17-21)36-16-15-35-25)29-27(31)13-14-34-23-10-8-22(33-3)9-11-23/h7-12,17,19-20,24,28,32H,4-6,13-16,18H2,1-3H3,(H,29,31)/t19?,20?,24-,28?/m1/s1. The van der Waals surface area contributed by atoms with Gasteiger partial charge in [0.15, 0.2) is 11.5 Å². The minimum Gasteiger partial charge on any atom is -0.497 e. The molecule has 8 heteroatoms. The van der Waals surface area contributed by atoms with Crippen LogP contribution in [0, 0.1) is 0 Å². The van der Waals surface area contributed by atoms with Crippen LogP contribution in [0.4, 0.5) is 0 Å². The maximum atomic E-state index is 12.9. The smallest absolute Gasteiger partial charge is 0.223 e. The molecule has 2 aromatic rings. The molecule has 8 nitrogen and oxygen atoms in total. The molecule has 0 radical (unpaired) electrons. The lowest BCUT2D eigenvalue weighted by molar-refractivity contribution is -0.123. The summed E-state index contributed by atoms with van der Waals surface area (Å²) >= 11 is 0. The summed E-state index contributed by atoms with van der Waals surface area (Å²) in [6.07, 6.45) is 2.71. The molecule has 1 fully saturated rings. The lowest BCUT2D eigenvalue weighted by Crippen LogP contribution is -2.53. The third-order valence-corrected chi connectivity index (χ3v) is 7.08. The molecule has 4 rings (SSSR count). The summed E-state index contributed by atoms with van der Waals surface area (Å²) in [6, 6.07) is 13.0. The molecule has 0 spiro atoms. The van der Waals surface area contributed by atoms with Crippen molar-refractivity contribution in [2.75, 3.05) is 33.5 Å². The number of likely N-dealkylation sites (tertiary alicyclic amines) is 1. The second-order valence-electron chi connectivity index (χ2n) is 9.62. The Morgan fingerprint density at radius 3 is 2.42 bits per heavy atom. The van der Waals surface area contributed by atoms with E-state index in [2.05, 4.69) is 24.1 Å². The summed E-state index contributed by atoms with van der Waals surface area (Å²) in [5.74, 6) is 2.55. The molecule has 2 N–H and O–H groups in total. The number of benzene rings is 2. The predicted molar refractivity (Wildman–Crippen MR) is 137 cm³/mol. The summed E-state index contributed by atoms with van der Waals surface area (Å²) in [4.78, 5) is 15.3. The number of carbonyl (C=O) groups is 1. The molecule has 0 bridgehead atoms. The summed E-state index contributed by atoms with van der Waals surface area (Å²) in [5, 5.41) is 14.5. The number of aliphatic hydroxyl groups excluding tert-OH is 1. The quantitative estimate of drug-likeness (QED) is 0.516. The van der Waals surface area contributed by atoms with Crippen molar-refractivity contribution in [1.82, 2.24) is 10.2 Å². The van der Waals surface area contributed by atoms with Gasteiger partial charge in [0.1, 0.15) is 30.8 Å². The van der Waals surface area contributed by atoms with Crippen molar-refractivity contribution >= 4 is 5.91 Å². The van der Waals surface area contributed by atoms with Crippen LogP contribution in [0.25, 0.3) is 0 Å². The molecular formula is C28H38N2O6. The van der Waals surface area contributed by atoms with Gasteiger partial charge in [-0.1, -0.05) is 12.5 Å². The van der Waals surface area contributed by atoms with E-state index < -0.39 is 12.1 Å². The summed E-state index contributed by atoms with van der Waals surface area (Å²) in [5.41, 5.74) is 0.691. The molecule has 0 aliphatic carbocycles. The second kappa shape index (κ2) is 12.3. The van der Waals surface area contributed by atoms with E-state index in [1.165, 1.54) is 6.42 Å². The Labute approximate surface area is 213 Å². The lowest BCUT2D eigenvalue weighted by atomic mass is 9.94. The van der Waals surface area contributed by atoms with Crippen molar-refractivity contribution in [2.24, 2.45) is 0 Å². The number of hydrogen-bond acceptors (Lipinski definition) is 7. The maximum absolute atomic E-state index is 12.9. The van der Waals surface area contributed by atoms with Crippen LogP contribution in [0.3, 0.4) is 0 Å². The number of fused-ring (bicyclic) bond motifs is 1. The van der Waals surface area contributed by atoms with E-state index in [1.807, 2.05) is 42.5 Å². The highest BCUT2D eigenvalue weighted by Crippen LogP contribution is 2.34. The average Bonchev–Trinajstić information content (AvgIpc) is 2.90. The highest BCUT2D eigenvalue weighted by atomic mass is 16.6. The first-order chi connectivity index (χ1) is 17.4. The van der Waals surface area contributed by atoms with Crippen LogP contribution in [0.1, 0.15) is 51.2 Å². The number of rotatable bonds is 10. The van der Waals surface area contributed by atoms with E-state index in [0.717, 1.165) is 18.6 Å². The molecule has 3 unspecified atom stereocenters. The minimum absolute atomic E-state index is 0.164. The third kappa shape index (κ3) is 6.62. The Bertz CT molecular complexity index is 988. The molecule has 196 valence electrons. The molecule has 1 amide bonds. The zero-order valence-electron chi connectivity index (χ0n) is 21.4. The number of nitrogens with zero attached hydrogens (tertiary/aromatic N) is 1. The number of methoxy groups -OCH3 is 1. The number of nitrogens with one attached hydrogen (secondary N) is 1. The van der Waals surface area contributed by atoms with Crippen LogP contribution in [0.5, 0.6) is 23.0 Å². The second-order valence-corrected chi connectivity index (χ2v) is 9.62. The van der Waals surface area contributed by atoms with Crippen LogP contribution in [0.15, 0.2) is 42.5 Å². The zero-order chi connectivity index (χ0) is 25.5. The molecule has 4 atom stereocenters. The van der Waals surface area contributed by atoms with Crippen molar-refractivity contribution in [1.29, 1.82) is 0 Å². The van der Waals surface area contributed by atoms with E-state index in [4.69, 9.17) is 18.9 Å². The van der Waals surface area contributed by atoms with E-state index in [0.29, 0.717) is 54.7 Å². The fourth-order valence-electron chi connectivity index (χ4n) is 4.97. The number of aliphatic hydroxyl groups is 1. The van der Waals surface area contributed by atoms with Gasteiger partial charge < -0.3 is 29.4 Å². The zero-order valence-corrected chi connectivity index (χ0v) is 21.4. The van der Waals surface area contributed by atoms with E-state index >= 15 is 0 Å². The van der Waals surface area contributed by atoms with Gasteiger partial charge in [0.2, 0.25) is 5.91 Å². The van der Waals surface area contributed by atoms with Crippen molar-refractivity contribution in [3.8, 4) is 23.0 Å². The maximum Gasteiger partial charge on any atom is 0.223 e. The summed E-state index contributed by atoms with van der Waals surface area (Å²) in [7, 11) is 1.61. The van der Waals surface area contributed by atoms with Gasteiger partial charge in [-0.15, -0.1) is 0 Å². The average molecular weight is 499 g/mol. The number of carbonyl (C=O) groups excluding carboxylic acids is 1. The largest absolute Gasteiger partial charge is 0.497 e. The molecule has 2 heterocycles. The number of hydrogen-bond donors (Lipinski definition) is 2. The van der Waals surface area contributed by atoms with Crippen molar-refractivity contribution in [3.05, 3.63) is 48.0 Å². The van der Waals surface area contributed by atoms with Gasteiger partial charge >= 0.3 is 0 Å². The van der Waals surface area contributed by atoms with Crippen molar-refractivity contribution in [2.45, 2.75) is 63.8 Å². The minimum atomic E-state index is -0.895. The molecule has 1 saturated heterocycles. The number of amides is 1. The molecule has 2 aromatic carbocycles. The Hall–Kier alpha value is -2.97. The topological polar surface area (TPSA) is 89.5 Å². The normalized spacial score (nSPS) is 21.3. The molecule has 36 heavy (non-hydrogen) atoms. The van der Waals surface area contributed by atoms with E-state index in [1.54, 1.807) is 7.11 Å². The molecule has 0 aromatic heterocycles. The van der Waals surface area contributed by atoms with Crippen molar-refractivity contribution in [3.63, 3.8) is 0 Å². The van der Waals surface area contributed by atoms with Gasteiger partial charge in [-0.05, 0) is 68.7 Å². The highest BCUT2D eigenvalue weighted by Gasteiger charge is 2.32. The van der Waals surface area contributed by atoms with Crippen molar-refractivity contribution < 1.29 is 28.8 Å². The summed E-state index contributed by atoms with van der Waals surface area (Å²) < 4.78 is 22.2. The molecule has 2 aliphatic heterocycles. The monoisotopic (exact) mass is 498 g/mol. The van der Waals surface area contributed by atoms with Gasteiger partial charge in [0, 0.05) is 18.6 Å². The number of piperidine rings is 1. The van der Waals surface area contributed by atoms with Crippen LogP contribution < -0.4 is 24.3 Å². The van der Waals surface area contributed by atoms with Gasteiger partial charge in [-0.2, -0.15) is 0 Å². The van der Waals surface area contributed by atoms with Crippen LogP contribution in [0.2, 0.25) is 0 Å². The van der Waals surface area contributed by atoms with Gasteiger partial charge in [0.05, 0.1) is 26.2 Å². The first kappa shape index (κ1) is 26.1. The first-order valence-electron chi connectivity index (χ1n) is 12.8. The lowest BCUT2D eigenvalue weighted by Gasteiger charge is -2.42. The Morgan fingerprint density at radius 2 is 1.72 bits per heavy atom. The molecule has 0 saturated carbocycles. The summed E-state index contributed by atoms with van der Waals surface area (Å²) in [6.45, 7) is 6.21. The van der Waals surface area contributed by atoms with E-state index in [9.17, 15) is 9.90 Å². The fraction of sp³-hybridized carbons (Fsp3) is 0.536. The Balaban J connectivity index is 1.42. The van der Waals surface area contributed by atoms with Crippen LogP contribution >= 0.6 is 0 Å². The van der Waals surface area contributed by atoms with Crippen LogP contribution in [-0.2, 0) is 4.79 Å². The van der Waals surface area contributed by atoms with Gasteiger partial charge in [-0.3, -0.25) is 9.69 Å². The van der Waals surface area contributed by atoms with Crippen LogP contribution in [-0.4, -0.2) is 67.5 Å². The third-order valence-electron chi connectivity index (χ3n) is 7.08. The molecular weight excluding hydrogens is 460 g/mol. The van der Waals surface area contributed by atoms with Gasteiger partial charge in [-0.25, -0.2) is 0 Å². The highest BCUT2D eigenvalue weighted by molar-refractivity contribution is 5.76. The SMILES string of the molecule is COc1ccc(OCCC(=O)N[C@H](CN2C(C)CCCC2C)C(O)c2ccc3c(c2)OCCO3)cc1. The first-order valence-corrected chi connectivity index (χ1v) is 12.8. The Kier molecular flexibility index (Phi) is 8.93. The fourth-order valence-corrected chi connectivity index (χ4v) is 4.97. The molecule has 2 aliphatic rings. The number of ether oxygens (including phenoxy) is 4. The van der Waals surface area contributed by atoms with Gasteiger partial charge in [0.25, 0.3) is 0 Å².